The molecule has 0 unspecified atom stereocenters. The van der Waals surface area contributed by atoms with Crippen molar-refractivity contribution in [3.05, 3.63) is 75.8 Å². The van der Waals surface area contributed by atoms with Crippen LogP contribution < -0.4 is 5.32 Å². The number of amides is 1. The summed E-state index contributed by atoms with van der Waals surface area (Å²) in [5.41, 5.74) is -1.40. The molecule has 24 heavy (non-hydrogen) atoms. The number of hydrogen-bond acceptors (Lipinski definition) is 3. The zero-order valence-corrected chi connectivity index (χ0v) is 12.1. The van der Waals surface area contributed by atoms with Gasteiger partial charge in [-0.3, -0.25) is 14.9 Å². The van der Waals surface area contributed by atoms with Crippen molar-refractivity contribution in [3.63, 3.8) is 0 Å². The van der Waals surface area contributed by atoms with E-state index in [4.69, 9.17) is 0 Å². The van der Waals surface area contributed by atoms with E-state index in [-0.39, 0.29) is 16.9 Å². The van der Waals surface area contributed by atoms with E-state index in [9.17, 15) is 28.1 Å². The van der Waals surface area contributed by atoms with Gasteiger partial charge in [0, 0.05) is 12.1 Å². The zero-order valence-electron chi connectivity index (χ0n) is 12.1. The first kappa shape index (κ1) is 17.2. The van der Waals surface area contributed by atoms with E-state index in [1.165, 1.54) is 36.4 Å². The highest BCUT2D eigenvalue weighted by molar-refractivity contribution is 6.02. The van der Waals surface area contributed by atoms with Gasteiger partial charge < -0.3 is 5.32 Å². The molecule has 0 aliphatic carbocycles. The lowest BCUT2D eigenvalue weighted by Gasteiger charge is -2.12. The Morgan fingerprint density at radius 2 is 1.71 bits per heavy atom. The Morgan fingerprint density at radius 3 is 2.38 bits per heavy atom. The molecule has 0 bridgehead atoms. The van der Waals surface area contributed by atoms with Crippen LogP contribution in [-0.2, 0) is 11.0 Å². The molecular weight excluding hydrogens is 325 g/mol. The third-order valence-electron chi connectivity index (χ3n) is 3.04. The standard InChI is InChI=1S/C16H11F3N2O3/c17-16(18,19)12-6-2-3-7-13(12)20-15(22)10-9-11-5-1-4-8-14(11)21(23)24/h1-10H,(H,20,22). The monoisotopic (exact) mass is 336 g/mol. The summed E-state index contributed by atoms with van der Waals surface area (Å²) in [5.74, 6) is -0.829. The fraction of sp³-hybridized carbons (Fsp3) is 0.0625. The van der Waals surface area contributed by atoms with E-state index in [1.807, 2.05) is 0 Å². The summed E-state index contributed by atoms with van der Waals surface area (Å²) in [6.45, 7) is 0. The summed E-state index contributed by atoms with van der Waals surface area (Å²) in [7, 11) is 0. The molecule has 0 aliphatic heterocycles. The minimum Gasteiger partial charge on any atom is -0.322 e. The average Bonchev–Trinajstić information content (AvgIpc) is 2.52. The lowest BCUT2D eigenvalue weighted by atomic mass is 10.1. The highest BCUT2D eigenvalue weighted by atomic mass is 19.4. The Hall–Kier alpha value is -3.16. The molecule has 0 atom stereocenters. The van der Waals surface area contributed by atoms with Crippen LogP contribution in [0.5, 0.6) is 0 Å². The second-order valence-corrected chi connectivity index (χ2v) is 4.68. The van der Waals surface area contributed by atoms with Crippen LogP contribution >= 0.6 is 0 Å². The number of alkyl halides is 3. The Balaban J connectivity index is 2.20. The van der Waals surface area contributed by atoms with Crippen molar-refractivity contribution in [2.45, 2.75) is 6.18 Å². The molecule has 1 N–H and O–H groups in total. The number of nitro groups is 1. The minimum atomic E-state index is -4.61. The fourth-order valence-corrected chi connectivity index (χ4v) is 1.97. The molecule has 0 aliphatic rings. The SMILES string of the molecule is O=C(C=Cc1ccccc1[N+](=O)[O-])Nc1ccccc1C(F)(F)F. The third-order valence-corrected chi connectivity index (χ3v) is 3.04. The summed E-state index contributed by atoms with van der Waals surface area (Å²) in [6.07, 6.45) is -2.50. The molecule has 0 heterocycles. The molecule has 5 nitrogen and oxygen atoms in total. The normalized spacial score (nSPS) is 11.5. The Bertz CT molecular complexity index is 801. The van der Waals surface area contributed by atoms with E-state index in [0.717, 1.165) is 18.2 Å². The maximum atomic E-state index is 12.8. The van der Waals surface area contributed by atoms with E-state index in [2.05, 4.69) is 5.32 Å². The molecular formula is C16H11F3N2O3. The van der Waals surface area contributed by atoms with Crippen LogP contribution in [0.1, 0.15) is 11.1 Å². The van der Waals surface area contributed by atoms with Crippen molar-refractivity contribution in [1.29, 1.82) is 0 Å². The van der Waals surface area contributed by atoms with Crippen LogP contribution in [0.15, 0.2) is 54.6 Å². The molecule has 124 valence electrons. The number of hydrogen-bond donors (Lipinski definition) is 1. The highest BCUT2D eigenvalue weighted by Gasteiger charge is 2.33. The molecule has 0 saturated heterocycles. The maximum Gasteiger partial charge on any atom is 0.418 e. The van der Waals surface area contributed by atoms with Crippen LogP contribution in [-0.4, -0.2) is 10.8 Å². The van der Waals surface area contributed by atoms with Gasteiger partial charge in [-0.25, -0.2) is 0 Å². The maximum absolute atomic E-state index is 12.8. The van der Waals surface area contributed by atoms with Gasteiger partial charge in [-0.15, -0.1) is 0 Å². The van der Waals surface area contributed by atoms with Crippen molar-refractivity contribution in [1.82, 2.24) is 0 Å². The van der Waals surface area contributed by atoms with Crippen LogP contribution in [0.2, 0.25) is 0 Å². The van der Waals surface area contributed by atoms with Gasteiger partial charge in [0.15, 0.2) is 0 Å². The Morgan fingerprint density at radius 1 is 1.08 bits per heavy atom. The summed E-state index contributed by atoms with van der Waals surface area (Å²) in [4.78, 5) is 22.1. The second-order valence-electron chi connectivity index (χ2n) is 4.68. The molecule has 0 saturated carbocycles. The number of nitro benzene ring substituents is 1. The molecule has 1 amide bonds. The largest absolute Gasteiger partial charge is 0.418 e. The molecule has 2 rings (SSSR count). The summed E-state index contributed by atoms with van der Waals surface area (Å²) < 4.78 is 38.5. The fourth-order valence-electron chi connectivity index (χ4n) is 1.97. The van der Waals surface area contributed by atoms with Crippen LogP contribution in [0, 0.1) is 10.1 Å². The predicted octanol–water partition coefficient (Wildman–Crippen LogP) is 4.27. The van der Waals surface area contributed by atoms with E-state index in [1.54, 1.807) is 6.07 Å². The van der Waals surface area contributed by atoms with Gasteiger partial charge in [0.1, 0.15) is 0 Å². The minimum absolute atomic E-state index is 0.168. The van der Waals surface area contributed by atoms with Crippen molar-refractivity contribution in [2.75, 3.05) is 5.32 Å². The van der Waals surface area contributed by atoms with Crippen LogP contribution in [0.4, 0.5) is 24.5 Å². The van der Waals surface area contributed by atoms with E-state index in [0.29, 0.717) is 0 Å². The van der Waals surface area contributed by atoms with Crippen LogP contribution in [0.25, 0.3) is 6.08 Å². The van der Waals surface area contributed by atoms with Gasteiger partial charge in [-0.05, 0) is 24.3 Å². The smallest absolute Gasteiger partial charge is 0.322 e. The van der Waals surface area contributed by atoms with Crippen molar-refractivity contribution in [3.8, 4) is 0 Å². The summed E-state index contributed by atoms with van der Waals surface area (Å²) in [6, 6.07) is 10.2. The van der Waals surface area contributed by atoms with Crippen LogP contribution in [0.3, 0.4) is 0 Å². The van der Waals surface area contributed by atoms with Crippen molar-refractivity contribution >= 4 is 23.4 Å². The van der Waals surface area contributed by atoms with E-state index < -0.39 is 22.6 Å². The van der Waals surface area contributed by atoms with Gasteiger partial charge in [-0.1, -0.05) is 24.3 Å². The number of nitrogens with zero attached hydrogens (tertiary/aromatic N) is 1. The number of carbonyl (C=O) groups excluding carboxylic acids is 1. The molecule has 0 fully saturated rings. The topological polar surface area (TPSA) is 72.2 Å². The number of nitrogens with one attached hydrogen (secondary N) is 1. The number of benzene rings is 2. The van der Waals surface area contributed by atoms with Gasteiger partial charge in [-0.2, -0.15) is 13.2 Å². The molecule has 0 aromatic heterocycles. The molecule has 0 spiro atoms. The number of anilines is 1. The lowest BCUT2D eigenvalue weighted by Crippen LogP contribution is -2.14. The first-order valence-electron chi connectivity index (χ1n) is 6.68. The van der Waals surface area contributed by atoms with Gasteiger partial charge in [0.2, 0.25) is 5.91 Å². The highest BCUT2D eigenvalue weighted by Crippen LogP contribution is 2.34. The first-order chi connectivity index (χ1) is 11.3. The molecule has 2 aromatic rings. The number of halogens is 3. The quantitative estimate of drug-likeness (QED) is 0.515. The lowest BCUT2D eigenvalue weighted by molar-refractivity contribution is -0.385. The molecule has 2 aromatic carbocycles. The third kappa shape index (κ3) is 4.19. The average molecular weight is 336 g/mol. The predicted molar refractivity (Wildman–Crippen MR) is 82.2 cm³/mol. The van der Waals surface area contributed by atoms with Gasteiger partial charge >= 0.3 is 6.18 Å². The Kier molecular flexibility index (Phi) is 4.98. The zero-order chi connectivity index (χ0) is 17.7. The first-order valence-corrected chi connectivity index (χ1v) is 6.68. The van der Waals surface area contributed by atoms with Crippen molar-refractivity contribution < 1.29 is 22.9 Å². The molecule has 0 radical (unpaired) electrons. The van der Waals surface area contributed by atoms with Crippen molar-refractivity contribution in [2.24, 2.45) is 0 Å². The number of rotatable bonds is 4. The van der Waals surface area contributed by atoms with E-state index >= 15 is 0 Å². The second kappa shape index (κ2) is 6.95. The number of carbonyl (C=O) groups is 1. The summed E-state index contributed by atoms with van der Waals surface area (Å²) in [5, 5.41) is 13.0. The number of para-hydroxylation sites is 2. The Labute approximate surface area is 134 Å². The van der Waals surface area contributed by atoms with Gasteiger partial charge in [0.25, 0.3) is 5.69 Å². The van der Waals surface area contributed by atoms with Gasteiger partial charge in [0.05, 0.1) is 21.7 Å². The molecule has 8 heteroatoms. The summed E-state index contributed by atoms with van der Waals surface area (Å²) >= 11 is 0.